The van der Waals surface area contributed by atoms with Crippen molar-refractivity contribution in [2.75, 3.05) is 25.9 Å². The molecule has 3 aliphatic rings. The maximum absolute atomic E-state index is 11.8. The lowest BCUT2D eigenvalue weighted by molar-refractivity contribution is 0.0976. The van der Waals surface area contributed by atoms with E-state index in [1.54, 1.807) is 0 Å². The summed E-state index contributed by atoms with van der Waals surface area (Å²) in [6.07, 6.45) is 10.7. The molecular weight excluding hydrogens is 284 g/mol. The topological polar surface area (TPSA) is 49.4 Å². The first kappa shape index (κ1) is 15.8. The fourth-order valence-corrected chi connectivity index (χ4v) is 5.81. The standard InChI is InChI=1S/C16H30N2O2S/c1-21(19,20)15-5-2-4-14(12-15)18-10-7-13(8-11-18)16-6-3-9-17-16/h13-17H,2-12H2,1H3. The van der Waals surface area contributed by atoms with Gasteiger partial charge in [0.05, 0.1) is 5.25 Å². The van der Waals surface area contributed by atoms with Crippen LogP contribution in [0.1, 0.15) is 51.4 Å². The van der Waals surface area contributed by atoms with Gasteiger partial charge in [0.2, 0.25) is 0 Å². The van der Waals surface area contributed by atoms with E-state index in [0.717, 1.165) is 31.2 Å². The lowest BCUT2D eigenvalue weighted by atomic mass is 9.86. The lowest BCUT2D eigenvalue weighted by Gasteiger charge is -2.42. The summed E-state index contributed by atoms with van der Waals surface area (Å²) in [5, 5.41) is 3.56. The minimum absolute atomic E-state index is 0.0922. The third-order valence-corrected chi connectivity index (χ3v) is 7.60. The highest BCUT2D eigenvalue weighted by atomic mass is 32.2. The van der Waals surface area contributed by atoms with Crippen molar-refractivity contribution in [3.05, 3.63) is 0 Å². The molecule has 5 heteroatoms. The molecule has 0 aromatic heterocycles. The van der Waals surface area contributed by atoms with Gasteiger partial charge in [0.1, 0.15) is 9.84 Å². The molecule has 1 aliphatic carbocycles. The van der Waals surface area contributed by atoms with Gasteiger partial charge in [-0.15, -0.1) is 0 Å². The lowest BCUT2D eigenvalue weighted by Crippen LogP contribution is -2.48. The Morgan fingerprint density at radius 2 is 1.76 bits per heavy atom. The van der Waals surface area contributed by atoms with Crippen LogP contribution in [0.2, 0.25) is 0 Å². The molecule has 122 valence electrons. The van der Waals surface area contributed by atoms with Gasteiger partial charge in [-0.2, -0.15) is 0 Å². The highest BCUT2D eigenvalue weighted by Gasteiger charge is 2.35. The highest BCUT2D eigenvalue weighted by molar-refractivity contribution is 7.91. The minimum Gasteiger partial charge on any atom is -0.314 e. The third-order valence-electron chi connectivity index (χ3n) is 5.96. The Morgan fingerprint density at radius 1 is 1.00 bits per heavy atom. The molecule has 21 heavy (non-hydrogen) atoms. The summed E-state index contributed by atoms with van der Waals surface area (Å²) in [6, 6.07) is 1.26. The fourth-order valence-electron chi connectivity index (χ4n) is 4.64. The van der Waals surface area contributed by atoms with Crippen LogP contribution in [0.3, 0.4) is 0 Å². The van der Waals surface area contributed by atoms with Crippen LogP contribution in [0.15, 0.2) is 0 Å². The average Bonchev–Trinajstić information content (AvgIpc) is 3.01. The summed E-state index contributed by atoms with van der Waals surface area (Å²) in [5.74, 6) is 0.845. The van der Waals surface area contributed by atoms with Crippen LogP contribution in [0.25, 0.3) is 0 Å². The first-order chi connectivity index (χ1) is 10.0. The van der Waals surface area contributed by atoms with Gasteiger partial charge < -0.3 is 10.2 Å². The Bertz CT molecular complexity index is 437. The van der Waals surface area contributed by atoms with Crippen molar-refractivity contribution in [1.29, 1.82) is 0 Å². The zero-order valence-corrected chi connectivity index (χ0v) is 14.1. The van der Waals surface area contributed by atoms with Crippen LogP contribution in [-0.2, 0) is 9.84 Å². The number of hydrogen-bond donors (Lipinski definition) is 1. The average molecular weight is 314 g/mol. The van der Waals surface area contributed by atoms with E-state index in [1.807, 2.05) is 0 Å². The number of likely N-dealkylation sites (tertiary alicyclic amines) is 1. The number of nitrogens with one attached hydrogen (secondary N) is 1. The molecule has 2 saturated heterocycles. The molecule has 0 bridgehead atoms. The van der Waals surface area contributed by atoms with Crippen molar-refractivity contribution in [2.45, 2.75) is 68.7 Å². The highest BCUT2D eigenvalue weighted by Crippen LogP contribution is 2.32. The molecule has 1 N–H and O–H groups in total. The van der Waals surface area contributed by atoms with Crippen molar-refractivity contribution < 1.29 is 8.42 Å². The molecule has 2 aliphatic heterocycles. The predicted molar refractivity (Wildman–Crippen MR) is 86.2 cm³/mol. The molecular formula is C16H30N2O2S. The number of hydrogen-bond acceptors (Lipinski definition) is 4. The maximum atomic E-state index is 11.8. The maximum Gasteiger partial charge on any atom is 0.150 e. The van der Waals surface area contributed by atoms with Crippen LogP contribution in [-0.4, -0.2) is 56.5 Å². The summed E-state index contributed by atoms with van der Waals surface area (Å²) >= 11 is 0. The molecule has 0 amide bonds. The van der Waals surface area contributed by atoms with Crippen LogP contribution in [0, 0.1) is 5.92 Å². The van der Waals surface area contributed by atoms with E-state index >= 15 is 0 Å². The molecule has 0 spiro atoms. The van der Waals surface area contributed by atoms with Gasteiger partial charge in [0.25, 0.3) is 0 Å². The van der Waals surface area contributed by atoms with Gasteiger partial charge in [-0.25, -0.2) is 8.42 Å². The van der Waals surface area contributed by atoms with Crippen LogP contribution < -0.4 is 5.32 Å². The van der Waals surface area contributed by atoms with Gasteiger partial charge in [-0.05, 0) is 70.5 Å². The predicted octanol–water partition coefficient (Wildman–Crippen LogP) is 1.81. The summed E-state index contributed by atoms with van der Waals surface area (Å²) in [7, 11) is -2.86. The second kappa shape index (κ2) is 6.55. The number of nitrogens with zero attached hydrogens (tertiary/aromatic N) is 1. The molecule has 0 aromatic rings. The zero-order chi connectivity index (χ0) is 14.9. The van der Waals surface area contributed by atoms with E-state index in [1.165, 1.54) is 58.0 Å². The second-order valence-corrected chi connectivity index (χ2v) is 9.67. The molecule has 2 heterocycles. The van der Waals surface area contributed by atoms with E-state index < -0.39 is 9.84 Å². The summed E-state index contributed by atoms with van der Waals surface area (Å²) in [5.41, 5.74) is 0. The van der Waals surface area contributed by atoms with Gasteiger partial charge in [0, 0.05) is 18.3 Å². The Kier molecular flexibility index (Phi) is 4.91. The van der Waals surface area contributed by atoms with Crippen molar-refractivity contribution in [3.8, 4) is 0 Å². The van der Waals surface area contributed by atoms with Crippen molar-refractivity contribution in [3.63, 3.8) is 0 Å². The molecule has 0 radical (unpaired) electrons. The normalized spacial score (nSPS) is 36.9. The fraction of sp³-hybridized carbons (Fsp3) is 1.00. The van der Waals surface area contributed by atoms with E-state index in [0.29, 0.717) is 6.04 Å². The molecule has 1 saturated carbocycles. The number of piperidine rings is 1. The van der Waals surface area contributed by atoms with E-state index in [9.17, 15) is 8.42 Å². The molecule has 3 rings (SSSR count). The SMILES string of the molecule is CS(=O)(=O)C1CCCC(N2CCC(C3CCCN3)CC2)C1. The molecule has 3 atom stereocenters. The van der Waals surface area contributed by atoms with Crippen LogP contribution in [0.4, 0.5) is 0 Å². The molecule has 4 nitrogen and oxygen atoms in total. The van der Waals surface area contributed by atoms with Gasteiger partial charge in [-0.1, -0.05) is 6.42 Å². The number of rotatable bonds is 3. The van der Waals surface area contributed by atoms with Crippen molar-refractivity contribution in [2.24, 2.45) is 5.92 Å². The smallest absolute Gasteiger partial charge is 0.150 e. The van der Waals surface area contributed by atoms with Crippen LogP contribution in [0.5, 0.6) is 0 Å². The largest absolute Gasteiger partial charge is 0.314 e. The molecule has 3 fully saturated rings. The monoisotopic (exact) mass is 314 g/mol. The number of sulfone groups is 1. The zero-order valence-electron chi connectivity index (χ0n) is 13.3. The van der Waals surface area contributed by atoms with E-state index in [2.05, 4.69) is 10.2 Å². The second-order valence-electron chi connectivity index (χ2n) is 7.35. The van der Waals surface area contributed by atoms with E-state index in [-0.39, 0.29) is 5.25 Å². The summed E-state index contributed by atoms with van der Waals surface area (Å²) in [6.45, 7) is 3.54. The van der Waals surface area contributed by atoms with Gasteiger partial charge >= 0.3 is 0 Å². The summed E-state index contributed by atoms with van der Waals surface area (Å²) < 4.78 is 23.6. The first-order valence-electron chi connectivity index (χ1n) is 8.70. The Balaban J connectivity index is 1.52. The van der Waals surface area contributed by atoms with E-state index in [4.69, 9.17) is 0 Å². The Labute approximate surface area is 129 Å². The summed E-state index contributed by atoms with van der Waals surface area (Å²) in [4.78, 5) is 2.59. The van der Waals surface area contributed by atoms with Crippen molar-refractivity contribution >= 4 is 9.84 Å². The van der Waals surface area contributed by atoms with Gasteiger partial charge in [0.15, 0.2) is 0 Å². The quantitative estimate of drug-likeness (QED) is 0.863. The Hall–Kier alpha value is -0.130. The minimum atomic E-state index is -2.86. The molecule has 3 unspecified atom stereocenters. The van der Waals surface area contributed by atoms with Gasteiger partial charge in [-0.3, -0.25) is 0 Å². The Morgan fingerprint density at radius 3 is 2.38 bits per heavy atom. The van der Waals surface area contributed by atoms with Crippen molar-refractivity contribution in [1.82, 2.24) is 10.2 Å². The molecule has 0 aromatic carbocycles. The third kappa shape index (κ3) is 3.80. The van der Waals surface area contributed by atoms with Crippen LogP contribution >= 0.6 is 0 Å². The first-order valence-corrected chi connectivity index (χ1v) is 10.7.